The maximum Gasteiger partial charge on any atom is 0.407 e. The van der Waals surface area contributed by atoms with Crippen LogP contribution in [0.1, 0.15) is 59.8 Å². The zero-order valence-corrected chi connectivity index (χ0v) is 13.6. The minimum atomic E-state index is -0.528. The number of carbonyl (C=O) groups excluding carboxylic acids is 2. The molecule has 0 radical (unpaired) electrons. The van der Waals surface area contributed by atoms with E-state index in [1.165, 1.54) is 6.92 Å². The summed E-state index contributed by atoms with van der Waals surface area (Å²) in [4.78, 5) is 22.6. The van der Waals surface area contributed by atoms with E-state index in [9.17, 15) is 14.7 Å². The molecule has 0 saturated carbocycles. The summed E-state index contributed by atoms with van der Waals surface area (Å²) in [5.41, 5.74) is 0. The molecule has 0 aliphatic carbocycles. The second-order valence-corrected chi connectivity index (χ2v) is 5.26. The van der Waals surface area contributed by atoms with Crippen molar-refractivity contribution in [2.24, 2.45) is 0 Å². The summed E-state index contributed by atoms with van der Waals surface area (Å²) in [6.07, 6.45) is 1.38. The quantitative estimate of drug-likeness (QED) is 0.478. The van der Waals surface area contributed by atoms with Gasteiger partial charge in [-0.25, -0.2) is 4.79 Å². The van der Waals surface area contributed by atoms with Crippen LogP contribution in [0.5, 0.6) is 0 Å². The summed E-state index contributed by atoms with van der Waals surface area (Å²) < 4.78 is 10.4. The maximum absolute atomic E-state index is 11.5. The first-order valence-corrected chi connectivity index (χ1v) is 7.68. The number of unbranched alkanes of at least 4 members (excludes halogenated alkanes) is 1. The number of aliphatic hydroxyl groups excluding tert-OH is 1. The van der Waals surface area contributed by atoms with E-state index in [4.69, 9.17) is 9.47 Å². The largest absolute Gasteiger partial charge is 0.462 e. The average molecular weight is 303 g/mol. The van der Waals surface area contributed by atoms with Crippen LogP contribution in [0.15, 0.2) is 0 Å². The first-order chi connectivity index (χ1) is 9.88. The van der Waals surface area contributed by atoms with Gasteiger partial charge in [0.15, 0.2) is 0 Å². The molecule has 1 amide bonds. The zero-order chi connectivity index (χ0) is 16.3. The number of carbonyl (C=O) groups is 2. The molecule has 3 unspecified atom stereocenters. The van der Waals surface area contributed by atoms with Crippen molar-refractivity contribution in [1.82, 2.24) is 5.32 Å². The highest BCUT2D eigenvalue weighted by molar-refractivity contribution is 5.67. The second-order valence-electron chi connectivity index (χ2n) is 5.26. The average Bonchev–Trinajstić information content (AvgIpc) is 2.37. The van der Waals surface area contributed by atoms with Crippen LogP contribution in [0.3, 0.4) is 0 Å². The molecule has 0 aliphatic heterocycles. The van der Waals surface area contributed by atoms with E-state index < -0.39 is 24.3 Å². The first kappa shape index (κ1) is 19.7. The number of rotatable bonds is 10. The number of alkyl carbamates (subject to hydrolysis) is 1. The summed E-state index contributed by atoms with van der Waals surface area (Å²) in [5, 5.41) is 12.3. The number of aliphatic hydroxyl groups is 1. The van der Waals surface area contributed by atoms with Crippen molar-refractivity contribution in [3.8, 4) is 0 Å². The van der Waals surface area contributed by atoms with Gasteiger partial charge in [-0.05, 0) is 19.8 Å². The Kier molecular flexibility index (Phi) is 10.7. The van der Waals surface area contributed by atoms with Crippen molar-refractivity contribution in [2.45, 2.75) is 78.1 Å². The number of esters is 1. The van der Waals surface area contributed by atoms with Crippen LogP contribution in [0, 0.1) is 0 Å². The summed E-state index contributed by atoms with van der Waals surface area (Å²) in [6, 6.07) is 0. The third kappa shape index (κ3) is 11.1. The van der Waals surface area contributed by atoms with Gasteiger partial charge in [0.1, 0.15) is 12.2 Å². The maximum atomic E-state index is 11.5. The van der Waals surface area contributed by atoms with Crippen molar-refractivity contribution in [2.75, 3.05) is 6.54 Å². The van der Waals surface area contributed by atoms with Gasteiger partial charge in [0, 0.05) is 26.3 Å². The molecular weight excluding hydrogens is 274 g/mol. The fourth-order valence-corrected chi connectivity index (χ4v) is 1.91. The highest BCUT2D eigenvalue weighted by Gasteiger charge is 2.21. The highest BCUT2D eigenvalue weighted by Crippen LogP contribution is 2.14. The van der Waals surface area contributed by atoms with E-state index in [-0.39, 0.29) is 6.10 Å². The van der Waals surface area contributed by atoms with Crippen LogP contribution in [0.4, 0.5) is 4.79 Å². The van der Waals surface area contributed by atoms with Crippen molar-refractivity contribution >= 4 is 12.1 Å². The van der Waals surface area contributed by atoms with Gasteiger partial charge in [0.25, 0.3) is 0 Å². The third-order valence-corrected chi connectivity index (χ3v) is 3.04. The third-order valence-electron chi connectivity index (χ3n) is 3.04. The monoisotopic (exact) mass is 303 g/mol. The van der Waals surface area contributed by atoms with E-state index in [1.54, 1.807) is 6.92 Å². The predicted octanol–water partition coefficient (Wildman–Crippen LogP) is 2.38. The van der Waals surface area contributed by atoms with Crippen LogP contribution >= 0.6 is 0 Å². The molecule has 0 aromatic carbocycles. The molecule has 0 bridgehead atoms. The number of amides is 1. The van der Waals surface area contributed by atoms with Gasteiger partial charge in [-0.2, -0.15) is 0 Å². The standard InChI is InChI=1S/C15H29NO5/c1-5-7-8-16-15(19)20-11(3)9-14(21-12(4)17)10-13(18)6-2/h11,13-14,18H,5-10H2,1-4H3,(H,16,19). The van der Waals surface area contributed by atoms with Crippen molar-refractivity contribution in [1.29, 1.82) is 0 Å². The molecule has 0 fully saturated rings. The van der Waals surface area contributed by atoms with Crippen LogP contribution in [0.25, 0.3) is 0 Å². The Morgan fingerprint density at radius 3 is 2.38 bits per heavy atom. The van der Waals surface area contributed by atoms with Gasteiger partial charge in [0.05, 0.1) is 6.10 Å². The van der Waals surface area contributed by atoms with Gasteiger partial charge in [-0.15, -0.1) is 0 Å². The van der Waals surface area contributed by atoms with Crippen LogP contribution < -0.4 is 5.32 Å². The van der Waals surface area contributed by atoms with Gasteiger partial charge < -0.3 is 19.9 Å². The lowest BCUT2D eigenvalue weighted by Crippen LogP contribution is -2.32. The van der Waals surface area contributed by atoms with Crippen molar-refractivity contribution in [3.63, 3.8) is 0 Å². The van der Waals surface area contributed by atoms with Gasteiger partial charge >= 0.3 is 12.1 Å². The molecule has 3 atom stereocenters. The normalized spacial score (nSPS) is 14.9. The minimum absolute atomic E-state index is 0.348. The molecule has 2 N–H and O–H groups in total. The van der Waals surface area contributed by atoms with E-state index >= 15 is 0 Å². The van der Waals surface area contributed by atoms with E-state index in [0.29, 0.717) is 25.8 Å². The molecule has 0 heterocycles. The fraction of sp³-hybridized carbons (Fsp3) is 0.867. The Balaban J connectivity index is 4.21. The van der Waals surface area contributed by atoms with E-state index in [0.717, 1.165) is 12.8 Å². The molecule has 21 heavy (non-hydrogen) atoms. The molecule has 6 heteroatoms. The molecule has 0 aliphatic rings. The Morgan fingerprint density at radius 1 is 1.19 bits per heavy atom. The lowest BCUT2D eigenvalue weighted by atomic mass is 10.0. The van der Waals surface area contributed by atoms with Crippen molar-refractivity contribution < 1.29 is 24.2 Å². The topological polar surface area (TPSA) is 84.9 Å². The lowest BCUT2D eigenvalue weighted by molar-refractivity contribution is -0.149. The Labute approximate surface area is 127 Å². The molecule has 124 valence electrons. The van der Waals surface area contributed by atoms with E-state index in [2.05, 4.69) is 5.32 Å². The molecule has 6 nitrogen and oxygen atoms in total. The SMILES string of the molecule is CCCCNC(=O)OC(C)CC(CC(O)CC)OC(C)=O. The zero-order valence-electron chi connectivity index (χ0n) is 13.6. The summed E-state index contributed by atoms with van der Waals surface area (Å²) in [7, 11) is 0. The van der Waals surface area contributed by atoms with E-state index in [1.807, 2.05) is 13.8 Å². The summed E-state index contributed by atoms with van der Waals surface area (Å²) >= 11 is 0. The summed E-state index contributed by atoms with van der Waals surface area (Å²) in [6.45, 7) is 7.56. The highest BCUT2D eigenvalue weighted by atomic mass is 16.6. The Hall–Kier alpha value is -1.30. The smallest absolute Gasteiger partial charge is 0.407 e. The molecule has 0 aromatic rings. The van der Waals surface area contributed by atoms with Crippen LogP contribution in [0.2, 0.25) is 0 Å². The molecular formula is C15H29NO5. The Bertz CT molecular complexity index is 308. The van der Waals surface area contributed by atoms with Crippen LogP contribution in [-0.2, 0) is 14.3 Å². The Morgan fingerprint density at radius 2 is 1.86 bits per heavy atom. The second kappa shape index (κ2) is 11.4. The van der Waals surface area contributed by atoms with Crippen LogP contribution in [-0.4, -0.2) is 42.0 Å². The first-order valence-electron chi connectivity index (χ1n) is 7.68. The predicted molar refractivity (Wildman–Crippen MR) is 79.9 cm³/mol. The van der Waals surface area contributed by atoms with Gasteiger partial charge in [-0.1, -0.05) is 20.3 Å². The molecule has 0 aromatic heterocycles. The fourth-order valence-electron chi connectivity index (χ4n) is 1.91. The summed E-state index contributed by atoms with van der Waals surface area (Å²) in [5.74, 6) is -0.400. The number of hydrogen-bond acceptors (Lipinski definition) is 5. The van der Waals surface area contributed by atoms with Crippen molar-refractivity contribution in [3.05, 3.63) is 0 Å². The number of ether oxygens (including phenoxy) is 2. The minimum Gasteiger partial charge on any atom is -0.462 e. The lowest BCUT2D eigenvalue weighted by Gasteiger charge is -2.23. The van der Waals surface area contributed by atoms with Gasteiger partial charge in [-0.3, -0.25) is 4.79 Å². The number of hydrogen-bond donors (Lipinski definition) is 2. The molecule has 0 saturated heterocycles. The van der Waals surface area contributed by atoms with Gasteiger partial charge in [0.2, 0.25) is 0 Å². The molecule has 0 rings (SSSR count). The molecule has 0 spiro atoms. The number of nitrogens with one attached hydrogen (secondary N) is 1.